The van der Waals surface area contributed by atoms with E-state index in [4.69, 9.17) is 4.74 Å². The first-order valence-corrected chi connectivity index (χ1v) is 12.9. The maximum Gasteiger partial charge on any atom is 0.306 e. The molecule has 30 heavy (non-hydrogen) atoms. The third kappa shape index (κ3) is 7.81. The van der Waals surface area contributed by atoms with Gasteiger partial charge in [0.25, 0.3) is 0 Å². The fourth-order valence-electron chi connectivity index (χ4n) is 4.60. The van der Waals surface area contributed by atoms with Crippen LogP contribution < -0.4 is 4.72 Å². The average molecular weight is 447 g/mol. The molecule has 2 fully saturated rings. The summed E-state index contributed by atoms with van der Waals surface area (Å²) in [4.78, 5) is 25.9. The van der Waals surface area contributed by atoms with Gasteiger partial charge in [-0.3, -0.25) is 9.59 Å². The monoisotopic (exact) mass is 446 g/mol. The van der Waals surface area contributed by atoms with Crippen molar-refractivity contribution < 1.29 is 27.5 Å². The lowest BCUT2D eigenvalue weighted by atomic mass is 9.80. The van der Waals surface area contributed by atoms with Crippen molar-refractivity contribution in [2.45, 2.75) is 83.4 Å². The van der Waals surface area contributed by atoms with E-state index in [2.05, 4.69) is 23.3 Å². The van der Waals surface area contributed by atoms with Crippen molar-refractivity contribution in [1.29, 1.82) is 0 Å². The van der Waals surface area contributed by atoms with Gasteiger partial charge >= 0.3 is 5.97 Å². The Hall–Kier alpha value is -1.19. The molecule has 0 spiro atoms. The molecular formula is C21H38N2O6S. The molecule has 2 atom stereocenters. The van der Waals surface area contributed by atoms with Gasteiger partial charge in [0, 0.05) is 19.0 Å². The van der Waals surface area contributed by atoms with Crippen molar-refractivity contribution in [2.75, 3.05) is 26.5 Å². The Morgan fingerprint density at radius 3 is 2.33 bits per heavy atom. The third-order valence-electron chi connectivity index (χ3n) is 6.40. The number of likely N-dealkylation sites (tertiary alicyclic amines) is 1. The van der Waals surface area contributed by atoms with Crippen molar-refractivity contribution in [3.8, 4) is 0 Å². The van der Waals surface area contributed by atoms with E-state index in [1.807, 2.05) is 0 Å². The number of carbonyl (C=O) groups excluding carboxylic acids is 2. The van der Waals surface area contributed by atoms with Crippen molar-refractivity contribution in [1.82, 2.24) is 9.62 Å². The minimum atomic E-state index is -3.41. The Balaban J connectivity index is 2.02. The molecule has 174 valence electrons. The zero-order valence-electron chi connectivity index (χ0n) is 18.8. The number of hydrogen-bond donors (Lipinski definition) is 1. The zero-order chi connectivity index (χ0) is 22.3. The topological polar surface area (TPSA) is 102 Å². The number of esters is 1. The van der Waals surface area contributed by atoms with Crippen molar-refractivity contribution in [3.63, 3.8) is 0 Å². The second-order valence-corrected chi connectivity index (χ2v) is 10.8. The number of nitrogens with one attached hydrogen (secondary N) is 1. The molecule has 0 aromatic rings. The Bertz CT molecular complexity index is 673. The molecule has 1 aliphatic carbocycles. The van der Waals surface area contributed by atoms with Crippen LogP contribution in [0.1, 0.15) is 65.2 Å². The number of ether oxygens (including phenoxy) is 2. The first kappa shape index (κ1) is 25.1. The maximum absolute atomic E-state index is 12.8. The summed E-state index contributed by atoms with van der Waals surface area (Å²) >= 11 is 0. The summed E-state index contributed by atoms with van der Waals surface area (Å²) in [5, 5.41) is 0. The number of sulfonamides is 1. The highest BCUT2D eigenvalue weighted by Gasteiger charge is 2.37. The van der Waals surface area contributed by atoms with Crippen LogP contribution >= 0.6 is 0 Å². The summed E-state index contributed by atoms with van der Waals surface area (Å²) in [6, 6.07) is -0.760. The predicted octanol–water partition coefficient (Wildman–Crippen LogP) is 2.08. The largest absolute Gasteiger partial charge is 0.469 e. The van der Waals surface area contributed by atoms with Crippen LogP contribution in [-0.2, 0) is 29.1 Å². The minimum absolute atomic E-state index is 0.0167. The summed E-state index contributed by atoms with van der Waals surface area (Å²) in [6.45, 7) is 5.35. The van der Waals surface area contributed by atoms with E-state index in [-0.39, 0.29) is 36.9 Å². The van der Waals surface area contributed by atoms with Gasteiger partial charge in [-0.05, 0) is 50.4 Å². The quantitative estimate of drug-likeness (QED) is 0.544. The van der Waals surface area contributed by atoms with Gasteiger partial charge in [0.05, 0.1) is 38.5 Å². The fraction of sp³-hybridized carbons (Fsp3) is 0.905. The van der Waals surface area contributed by atoms with Gasteiger partial charge in [-0.1, -0.05) is 13.8 Å². The van der Waals surface area contributed by atoms with E-state index in [0.29, 0.717) is 31.9 Å². The summed E-state index contributed by atoms with van der Waals surface area (Å²) < 4.78 is 37.2. The van der Waals surface area contributed by atoms with Crippen LogP contribution in [0.15, 0.2) is 0 Å². The lowest BCUT2D eigenvalue weighted by molar-refractivity contribution is -0.145. The van der Waals surface area contributed by atoms with E-state index < -0.39 is 16.0 Å². The van der Waals surface area contributed by atoms with Gasteiger partial charge in [-0.2, -0.15) is 0 Å². The molecule has 2 aliphatic rings. The van der Waals surface area contributed by atoms with Crippen LogP contribution in [0.4, 0.5) is 0 Å². The molecule has 0 radical (unpaired) electrons. The Morgan fingerprint density at radius 2 is 1.77 bits per heavy atom. The normalized spacial score (nSPS) is 27.8. The number of amides is 1. The Labute approximate surface area is 181 Å². The minimum Gasteiger partial charge on any atom is -0.469 e. The molecule has 0 bridgehead atoms. The summed E-state index contributed by atoms with van der Waals surface area (Å²) in [6.07, 6.45) is 6.97. The molecule has 1 saturated carbocycles. The average Bonchev–Trinajstić information content (AvgIpc) is 2.69. The first-order chi connectivity index (χ1) is 14.1. The molecule has 0 unspecified atom stereocenters. The zero-order valence-corrected chi connectivity index (χ0v) is 19.6. The summed E-state index contributed by atoms with van der Waals surface area (Å²) in [5.41, 5.74) is 0. The van der Waals surface area contributed by atoms with Crippen LogP contribution in [0.5, 0.6) is 0 Å². The molecule has 1 aliphatic heterocycles. The highest BCUT2D eigenvalue weighted by atomic mass is 32.2. The second kappa shape index (κ2) is 11.4. The second-order valence-electron chi connectivity index (χ2n) is 8.98. The summed E-state index contributed by atoms with van der Waals surface area (Å²) in [7, 11) is -2.12. The standard InChI is InChI=1S/C21H38N2O6S/c1-15(2)16-7-9-17(10-8-16)29-14-19-18(22-30(4,26)27)6-5-13-23(19)20(24)11-12-21(25)28-3/h15-19,22H,5-14H2,1-4H3/t16-,17+,18-,19-/m0/s1. The molecule has 1 heterocycles. The van der Waals surface area contributed by atoms with Gasteiger partial charge < -0.3 is 14.4 Å². The van der Waals surface area contributed by atoms with E-state index in [9.17, 15) is 18.0 Å². The van der Waals surface area contributed by atoms with Crippen LogP contribution in [0, 0.1) is 11.8 Å². The lowest BCUT2D eigenvalue weighted by Gasteiger charge is -2.42. The maximum atomic E-state index is 12.8. The number of carbonyl (C=O) groups is 2. The number of rotatable bonds is 9. The number of hydrogen-bond acceptors (Lipinski definition) is 6. The van der Waals surface area contributed by atoms with E-state index >= 15 is 0 Å². The lowest BCUT2D eigenvalue weighted by Crippen LogP contribution is -2.59. The number of nitrogens with zero attached hydrogens (tertiary/aromatic N) is 1. The van der Waals surface area contributed by atoms with Crippen LogP contribution in [0.2, 0.25) is 0 Å². The molecule has 8 nitrogen and oxygen atoms in total. The molecule has 9 heteroatoms. The van der Waals surface area contributed by atoms with E-state index in [1.54, 1.807) is 4.90 Å². The predicted molar refractivity (Wildman–Crippen MR) is 114 cm³/mol. The van der Waals surface area contributed by atoms with E-state index in [1.165, 1.54) is 7.11 Å². The highest BCUT2D eigenvalue weighted by Crippen LogP contribution is 2.32. The number of piperidine rings is 1. The fourth-order valence-corrected chi connectivity index (χ4v) is 5.42. The van der Waals surface area contributed by atoms with Gasteiger partial charge in [0.1, 0.15) is 0 Å². The van der Waals surface area contributed by atoms with Crippen LogP contribution in [0.3, 0.4) is 0 Å². The van der Waals surface area contributed by atoms with Crippen molar-refractivity contribution in [3.05, 3.63) is 0 Å². The van der Waals surface area contributed by atoms with E-state index in [0.717, 1.165) is 37.9 Å². The van der Waals surface area contributed by atoms with Gasteiger partial charge in [-0.15, -0.1) is 0 Å². The van der Waals surface area contributed by atoms with Gasteiger partial charge in [-0.25, -0.2) is 13.1 Å². The van der Waals surface area contributed by atoms with Gasteiger partial charge in [0.15, 0.2) is 0 Å². The number of methoxy groups -OCH3 is 1. The molecule has 1 N–H and O–H groups in total. The Morgan fingerprint density at radius 1 is 1.10 bits per heavy atom. The molecule has 0 aromatic carbocycles. The third-order valence-corrected chi connectivity index (χ3v) is 7.13. The molecular weight excluding hydrogens is 408 g/mol. The first-order valence-electron chi connectivity index (χ1n) is 11.1. The summed E-state index contributed by atoms with van der Waals surface area (Å²) in [5.74, 6) is 0.810. The molecule has 1 saturated heterocycles. The molecule has 0 aromatic heterocycles. The smallest absolute Gasteiger partial charge is 0.306 e. The molecule has 2 rings (SSSR count). The van der Waals surface area contributed by atoms with Crippen molar-refractivity contribution in [2.24, 2.45) is 11.8 Å². The SMILES string of the molecule is COC(=O)CCC(=O)N1CCC[C@H](NS(C)(=O)=O)[C@@H]1CO[C@H]1CC[C@@H](C(C)C)CC1. The Kier molecular flexibility index (Phi) is 9.56. The highest BCUT2D eigenvalue weighted by molar-refractivity contribution is 7.88. The van der Waals surface area contributed by atoms with Gasteiger partial charge in [0.2, 0.25) is 15.9 Å². The van der Waals surface area contributed by atoms with Crippen LogP contribution in [0.25, 0.3) is 0 Å². The van der Waals surface area contributed by atoms with Crippen LogP contribution in [-0.4, -0.2) is 69.9 Å². The van der Waals surface area contributed by atoms with Crippen molar-refractivity contribution >= 4 is 21.9 Å². The molecule has 1 amide bonds.